The zero-order valence-corrected chi connectivity index (χ0v) is 8.39. The Morgan fingerprint density at radius 2 is 2.09 bits per heavy atom. The highest BCUT2D eigenvalue weighted by Crippen LogP contribution is 2.10. The lowest BCUT2D eigenvalue weighted by molar-refractivity contribution is 1.00. The van der Waals surface area contributed by atoms with Crippen LogP contribution in [0.5, 0.6) is 0 Å². The second-order valence-electron chi connectivity index (χ2n) is 2.25. The number of H-pyrrole nitrogens is 1. The smallest absolute Gasteiger partial charge is 0.0724 e. The van der Waals surface area contributed by atoms with E-state index in [0.29, 0.717) is 0 Å². The number of hydrogen-bond acceptors (Lipinski definition) is 3. The summed E-state index contributed by atoms with van der Waals surface area (Å²) in [6.45, 7) is 0. The molecule has 0 saturated heterocycles. The highest BCUT2D eigenvalue weighted by atomic mass is 32.2. The van der Waals surface area contributed by atoms with Gasteiger partial charge in [-0.15, -0.1) is 0 Å². The van der Waals surface area contributed by atoms with Crippen LogP contribution in [-0.4, -0.2) is 22.7 Å². The first kappa shape index (κ1) is 9.00. The molecule has 0 amide bonds. The van der Waals surface area contributed by atoms with Crippen LogP contribution in [0.25, 0.3) is 0 Å². The van der Waals surface area contributed by atoms with Gasteiger partial charge in [0, 0.05) is 17.2 Å². The summed E-state index contributed by atoms with van der Waals surface area (Å²) in [6, 6.07) is 2.13. The van der Waals surface area contributed by atoms with E-state index in [4.69, 9.17) is 0 Å². The zero-order valence-electron chi connectivity index (χ0n) is 6.76. The van der Waals surface area contributed by atoms with E-state index >= 15 is 0 Å². The average molecular weight is 188 g/mol. The first-order valence-corrected chi connectivity index (χ1v) is 6.16. The van der Waals surface area contributed by atoms with Gasteiger partial charge in [0.15, 0.2) is 0 Å². The molecular weight excluding hydrogens is 176 g/mol. The van der Waals surface area contributed by atoms with E-state index in [1.54, 1.807) is 11.8 Å². The Bertz CT molecular complexity index is 189. The molecule has 0 fully saturated rings. The first-order valence-electron chi connectivity index (χ1n) is 3.38. The monoisotopic (exact) mass is 188 g/mol. The van der Waals surface area contributed by atoms with Gasteiger partial charge in [-0.2, -0.15) is 28.6 Å². The Kier molecular flexibility index (Phi) is 3.86. The summed E-state index contributed by atoms with van der Waals surface area (Å²) < 4.78 is 0. The standard InChI is InChI=1S/C7H12N2S2/c1-10-4-6-3-7(5-11-2)9-8-6/h3H,4-5H2,1-2H3,(H,8,9). The van der Waals surface area contributed by atoms with Crippen LogP contribution in [0, 0.1) is 0 Å². The maximum Gasteiger partial charge on any atom is 0.0724 e. The Labute approximate surface area is 75.5 Å². The second-order valence-corrected chi connectivity index (χ2v) is 3.98. The van der Waals surface area contributed by atoms with Crippen molar-refractivity contribution in [3.63, 3.8) is 0 Å². The summed E-state index contributed by atoms with van der Waals surface area (Å²) in [7, 11) is 0. The van der Waals surface area contributed by atoms with Crippen LogP contribution in [0.1, 0.15) is 11.4 Å². The van der Waals surface area contributed by atoms with E-state index in [0.717, 1.165) is 17.2 Å². The van der Waals surface area contributed by atoms with E-state index < -0.39 is 0 Å². The average Bonchev–Trinajstić information content (AvgIpc) is 2.38. The molecule has 1 rings (SSSR count). The van der Waals surface area contributed by atoms with Gasteiger partial charge in [0.2, 0.25) is 0 Å². The van der Waals surface area contributed by atoms with E-state index in [2.05, 4.69) is 28.8 Å². The molecule has 4 heteroatoms. The summed E-state index contributed by atoms with van der Waals surface area (Å²) >= 11 is 3.60. The lowest BCUT2D eigenvalue weighted by Gasteiger charge is -1.87. The van der Waals surface area contributed by atoms with Crippen molar-refractivity contribution in [1.82, 2.24) is 10.2 Å². The minimum Gasteiger partial charge on any atom is -0.281 e. The van der Waals surface area contributed by atoms with Gasteiger partial charge in [-0.3, -0.25) is 5.10 Å². The number of rotatable bonds is 4. The van der Waals surface area contributed by atoms with E-state index in [-0.39, 0.29) is 0 Å². The minimum absolute atomic E-state index is 1.00. The molecule has 0 aliphatic heterocycles. The van der Waals surface area contributed by atoms with E-state index in [9.17, 15) is 0 Å². The molecule has 1 aromatic heterocycles. The molecule has 1 aromatic rings. The van der Waals surface area contributed by atoms with Gasteiger partial charge >= 0.3 is 0 Å². The van der Waals surface area contributed by atoms with Crippen molar-refractivity contribution in [3.05, 3.63) is 17.5 Å². The van der Waals surface area contributed by atoms with Crippen LogP contribution in [0.2, 0.25) is 0 Å². The predicted molar refractivity (Wildman–Crippen MR) is 53.0 cm³/mol. The van der Waals surface area contributed by atoms with Crippen LogP contribution < -0.4 is 0 Å². The highest BCUT2D eigenvalue weighted by Gasteiger charge is 1.98. The lowest BCUT2D eigenvalue weighted by atomic mass is 10.4. The van der Waals surface area contributed by atoms with E-state index in [1.807, 2.05) is 11.8 Å². The van der Waals surface area contributed by atoms with Crippen molar-refractivity contribution in [1.29, 1.82) is 0 Å². The molecule has 0 spiro atoms. The maximum atomic E-state index is 4.17. The fourth-order valence-corrected chi connectivity index (χ4v) is 1.76. The molecule has 0 aromatic carbocycles. The molecule has 0 aliphatic carbocycles. The third kappa shape index (κ3) is 2.79. The number of thioether (sulfide) groups is 2. The number of aromatic amines is 1. The molecule has 0 saturated carbocycles. The van der Waals surface area contributed by atoms with Gasteiger partial charge < -0.3 is 0 Å². The van der Waals surface area contributed by atoms with Crippen LogP contribution in [0.4, 0.5) is 0 Å². The van der Waals surface area contributed by atoms with Gasteiger partial charge in [-0.1, -0.05) is 0 Å². The molecule has 11 heavy (non-hydrogen) atoms. The van der Waals surface area contributed by atoms with Gasteiger partial charge in [0.1, 0.15) is 0 Å². The van der Waals surface area contributed by atoms with Crippen molar-refractivity contribution in [3.8, 4) is 0 Å². The minimum atomic E-state index is 1.00. The SMILES string of the molecule is CSCc1cc(CSC)[nH]n1. The van der Waals surface area contributed by atoms with Crippen LogP contribution in [0.3, 0.4) is 0 Å². The number of aromatic nitrogens is 2. The second kappa shape index (κ2) is 4.72. The fourth-order valence-electron chi connectivity index (χ4n) is 0.861. The lowest BCUT2D eigenvalue weighted by Crippen LogP contribution is -1.77. The third-order valence-corrected chi connectivity index (χ3v) is 2.46. The molecule has 1 N–H and O–H groups in total. The molecule has 0 atom stereocenters. The molecule has 62 valence electrons. The summed E-state index contributed by atoms with van der Waals surface area (Å²) in [5.41, 5.74) is 2.38. The number of hydrogen-bond donors (Lipinski definition) is 1. The van der Waals surface area contributed by atoms with Crippen molar-refractivity contribution >= 4 is 23.5 Å². The van der Waals surface area contributed by atoms with Gasteiger partial charge in [0.05, 0.1) is 5.69 Å². The summed E-state index contributed by atoms with van der Waals surface area (Å²) in [6.07, 6.45) is 4.18. The maximum absolute atomic E-state index is 4.17. The zero-order chi connectivity index (χ0) is 8.10. The molecule has 0 bridgehead atoms. The molecule has 0 aliphatic rings. The quantitative estimate of drug-likeness (QED) is 0.784. The Morgan fingerprint density at radius 3 is 2.73 bits per heavy atom. The summed E-state index contributed by atoms with van der Waals surface area (Å²) in [4.78, 5) is 0. The van der Waals surface area contributed by atoms with Crippen molar-refractivity contribution in [2.45, 2.75) is 11.5 Å². The van der Waals surface area contributed by atoms with Gasteiger partial charge in [-0.05, 0) is 18.6 Å². The predicted octanol–water partition coefficient (Wildman–Crippen LogP) is 2.14. The molecular formula is C7H12N2S2. The molecule has 1 heterocycles. The van der Waals surface area contributed by atoms with Crippen LogP contribution >= 0.6 is 23.5 Å². The van der Waals surface area contributed by atoms with Gasteiger partial charge in [-0.25, -0.2) is 0 Å². The highest BCUT2D eigenvalue weighted by molar-refractivity contribution is 7.98. The topological polar surface area (TPSA) is 28.7 Å². The fraction of sp³-hybridized carbons (Fsp3) is 0.571. The van der Waals surface area contributed by atoms with Crippen molar-refractivity contribution < 1.29 is 0 Å². The Balaban J connectivity index is 2.51. The van der Waals surface area contributed by atoms with Crippen LogP contribution in [-0.2, 0) is 11.5 Å². The third-order valence-electron chi connectivity index (χ3n) is 1.28. The van der Waals surface area contributed by atoms with E-state index in [1.165, 1.54) is 5.69 Å². The number of nitrogens with one attached hydrogen (secondary N) is 1. The normalized spacial score (nSPS) is 10.4. The molecule has 0 radical (unpaired) electrons. The van der Waals surface area contributed by atoms with Gasteiger partial charge in [0.25, 0.3) is 0 Å². The summed E-state index contributed by atoms with van der Waals surface area (Å²) in [5.74, 6) is 2.03. The first-order chi connectivity index (χ1) is 5.36. The summed E-state index contributed by atoms with van der Waals surface area (Å²) in [5, 5.41) is 7.17. The number of nitrogens with zero attached hydrogens (tertiary/aromatic N) is 1. The Hall–Kier alpha value is -0.0900. The molecule has 2 nitrogen and oxygen atoms in total. The molecule has 0 unspecified atom stereocenters. The van der Waals surface area contributed by atoms with Crippen LogP contribution in [0.15, 0.2) is 6.07 Å². The largest absolute Gasteiger partial charge is 0.281 e. The van der Waals surface area contributed by atoms with Crippen molar-refractivity contribution in [2.24, 2.45) is 0 Å². The van der Waals surface area contributed by atoms with Crippen molar-refractivity contribution in [2.75, 3.05) is 12.5 Å². The Morgan fingerprint density at radius 1 is 1.36 bits per heavy atom.